The summed E-state index contributed by atoms with van der Waals surface area (Å²) in [6.07, 6.45) is 7.37. The van der Waals surface area contributed by atoms with E-state index in [1.54, 1.807) is 25.6 Å². The van der Waals surface area contributed by atoms with Crippen LogP contribution in [-0.2, 0) is 11.3 Å². The van der Waals surface area contributed by atoms with Crippen LogP contribution >= 0.6 is 0 Å². The van der Waals surface area contributed by atoms with Crippen LogP contribution < -0.4 is 4.74 Å². The van der Waals surface area contributed by atoms with Crippen molar-refractivity contribution in [3.05, 3.63) is 42.4 Å². The van der Waals surface area contributed by atoms with Gasteiger partial charge in [-0.2, -0.15) is 4.98 Å². The predicted octanol–water partition coefficient (Wildman–Crippen LogP) is 2.22. The molecule has 1 fully saturated rings. The van der Waals surface area contributed by atoms with Crippen LogP contribution in [0.15, 0.2) is 35.2 Å². The second kappa shape index (κ2) is 8.28. The number of nitrogens with zero attached hydrogens (tertiary/aromatic N) is 5. The van der Waals surface area contributed by atoms with E-state index < -0.39 is 0 Å². The van der Waals surface area contributed by atoms with E-state index in [4.69, 9.17) is 14.0 Å². The van der Waals surface area contributed by atoms with Gasteiger partial charge in [-0.25, -0.2) is 9.97 Å². The summed E-state index contributed by atoms with van der Waals surface area (Å²) in [5, 5.41) is 4.13. The lowest BCUT2D eigenvalue weighted by Gasteiger charge is -2.19. The van der Waals surface area contributed by atoms with Crippen LogP contribution in [0.1, 0.15) is 30.6 Å². The summed E-state index contributed by atoms with van der Waals surface area (Å²) in [6.45, 7) is 2.71. The number of hydrogen-bond donors (Lipinski definition) is 1. The van der Waals surface area contributed by atoms with Crippen LogP contribution in [0, 0.1) is 0 Å². The Hall–Kier alpha value is -2.78. The fourth-order valence-electron chi connectivity index (χ4n) is 3.19. The summed E-state index contributed by atoms with van der Waals surface area (Å²) in [6, 6.07) is 3.78. The molecule has 1 atom stereocenters. The van der Waals surface area contributed by atoms with Gasteiger partial charge in [0.1, 0.15) is 12.4 Å². The van der Waals surface area contributed by atoms with Crippen molar-refractivity contribution in [1.82, 2.24) is 30.0 Å². The normalized spacial score (nSPS) is 17.4. The van der Waals surface area contributed by atoms with E-state index >= 15 is 0 Å². The van der Waals surface area contributed by atoms with Gasteiger partial charge in [-0.3, -0.25) is 4.90 Å². The van der Waals surface area contributed by atoms with E-state index in [9.17, 15) is 0 Å². The minimum atomic E-state index is 0.112. The molecular weight excluding hydrogens is 348 g/mol. The van der Waals surface area contributed by atoms with Gasteiger partial charge in [0.2, 0.25) is 17.6 Å². The van der Waals surface area contributed by atoms with E-state index in [1.165, 1.54) is 0 Å². The van der Waals surface area contributed by atoms with Crippen molar-refractivity contribution in [1.29, 1.82) is 0 Å². The Morgan fingerprint density at radius 1 is 1.30 bits per heavy atom. The average molecular weight is 370 g/mol. The number of H-pyrrole nitrogens is 1. The summed E-state index contributed by atoms with van der Waals surface area (Å²) in [5.41, 5.74) is 0.791. The number of pyridine rings is 1. The number of methoxy groups -OCH3 is 1. The molecule has 4 rings (SSSR count). The lowest BCUT2D eigenvalue weighted by atomic mass is 10.2. The zero-order chi connectivity index (χ0) is 18.5. The first-order valence-corrected chi connectivity index (χ1v) is 8.97. The maximum Gasteiger partial charge on any atom is 0.244 e. The first kappa shape index (κ1) is 17.6. The average Bonchev–Trinajstić information content (AvgIpc) is 3.45. The smallest absolute Gasteiger partial charge is 0.244 e. The lowest BCUT2D eigenvalue weighted by molar-refractivity contribution is 0.144. The van der Waals surface area contributed by atoms with Crippen LogP contribution in [0.5, 0.6) is 5.88 Å². The highest BCUT2D eigenvalue weighted by Crippen LogP contribution is 2.32. The summed E-state index contributed by atoms with van der Waals surface area (Å²) in [7, 11) is 1.63. The highest BCUT2D eigenvalue weighted by molar-refractivity contribution is 5.53. The number of aromatic amines is 1. The maximum absolute atomic E-state index is 5.55. The third kappa shape index (κ3) is 4.15. The minimum absolute atomic E-state index is 0.112. The molecule has 0 radical (unpaired) electrons. The molecule has 1 saturated heterocycles. The van der Waals surface area contributed by atoms with Crippen LogP contribution in [0.4, 0.5) is 0 Å². The summed E-state index contributed by atoms with van der Waals surface area (Å²) >= 11 is 0. The number of ether oxygens (including phenoxy) is 2. The van der Waals surface area contributed by atoms with Crippen molar-refractivity contribution in [2.24, 2.45) is 0 Å². The Balaban J connectivity index is 1.43. The third-order valence-corrected chi connectivity index (χ3v) is 4.53. The van der Waals surface area contributed by atoms with E-state index in [0.29, 0.717) is 30.8 Å². The van der Waals surface area contributed by atoms with Crippen molar-refractivity contribution in [3.8, 4) is 17.3 Å². The molecule has 1 aliphatic heterocycles. The van der Waals surface area contributed by atoms with Crippen molar-refractivity contribution >= 4 is 0 Å². The fraction of sp³-hybridized carbons (Fsp3) is 0.444. The second-order valence-electron chi connectivity index (χ2n) is 6.35. The standard InChI is InChI=1S/C18H22N6O3/c1-25-9-10-26-16-5-4-13(11-21-16)17-22-18(27-23-17)14-3-2-8-24(14)12-15-19-6-7-20-15/h4-7,11,14H,2-3,8-10,12H2,1H3,(H,19,20). The highest BCUT2D eigenvalue weighted by atomic mass is 16.5. The first-order chi connectivity index (χ1) is 13.3. The molecule has 0 spiro atoms. The Labute approximate surface area is 156 Å². The molecule has 9 nitrogen and oxygen atoms in total. The van der Waals surface area contributed by atoms with Gasteiger partial charge in [0.25, 0.3) is 0 Å². The van der Waals surface area contributed by atoms with Gasteiger partial charge < -0.3 is 19.0 Å². The molecule has 0 amide bonds. The van der Waals surface area contributed by atoms with Gasteiger partial charge >= 0.3 is 0 Å². The molecule has 9 heteroatoms. The maximum atomic E-state index is 5.55. The van der Waals surface area contributed by atoms with Gasteiger partial charge in [0, 0.05) is 37.3 Å². The SMILES string of the molecule is COCCOc1ccc(-c2noc(C3CCCN3Cc3ncc[nH]3)n2)cn1. The molecule has 0 saturated carbocycles. The number of aromatic nitrogens is 5. The molecule has 27 heavy (non-hydrogen) atoms. The first-order valence-electron chi connectivity index (χ1n) is 8.97. The number of rotatable bonds is 8. The van der Waals surface area contributed by atoms with Crippen molar-refractivity contribution in [2.75, 3.05) is 26.9 Å². The fourth-order valence-corrected chi connectivity index (χ4v) is 3.19. The topological polar surface area (TPSA) is 102 Å². The molecule has 0 bridgehead atoms. The zero-order valence-electron chi connectivity index (χ0n) is 15.2. The summed E-state index contributed by atoms with van der Waals surface area (Å²) < 4.78 is 16.0. The molecule has 1 unspecified atom stereocenters. The lowest BCUT2D eigenvalue weighted by Crippen LogP contribution is -2.23. The van der Waals surface area contributed by atoms with Crippen LogP contribution in [0.3, 0.4) is 0 Å². The monoisotopic (exact) mass is 370 g/mol. The molecular formula is C18H22N6O3. The number of imidazole rings is 1. The van der Waals surface area contributed by atoms with Gasteiger partial charge in [-0.15, -0.1) is 0 Å². The van der Waals surface area contributed by atoms with Crippen LogP contribution in [0.25, 0.3) is 11.4 Å². The quantitative estimate of drug-likeness (QED) is 0.602. The van der Waals surface area contributed by atoms with E-state index in [1.807, 2.05) is 12.3 Å². The molecule has 1 aliphatic rings. The van der Waals surface area contributed by atoms with E-state index in [2.05, 4.69) is 30.0 Å². The van der Waals surface area contributed by atoms with Crippen molar-refractivity contribution < 1.29 is 14.0 Å². The summed E-state index contributed by atoms with van der Waals surface area (Å²) in [4.78, 5) is 18.6. The molecule has 3 aromatic rings. The van der Waals surface area contributed by atoms with Gasteiger partial charge in [0.15, 0.2) is 0 Å². The van der Waals surface area contributed by atoms with E-state index in [0.717, 1.165) is 37.3 Å². The molecule has 4 heterocycles. The van der Waals surface area contributed by atoms with Crippen molar-refractivity contribution in [2.45, 2.75) is 25.4 Å². The molecule has 0 aliphatic carbocycles. The zero-order valence-corrected chi connectivity index (χ0v) is 15.2. The van der Waals surface area contributed by atoms with E-state index in [-0.39, 0.29) is 6.04 Å². The largest absolute Gasteiger partial charge is 0.475 e. The molecule has 3 aromatic heterocycles. The summed E-state index contributed by atoms with van der Waals surface area (Å²) in [5.74, 6) is 2.65. The predicted molar refractivity (Wildman–Crippen MR) is 95.9 cm³/mol. The Kier molecular flexibility index (Phi) is 5.40. The number of hydrogen-bond acceptors (Lipinski definition) is 8. The van der Waals surface area contributed by atoms with Crippen LogP contribution in [0.2, 0.25) is 0 Å². The molecule has 142 valence electrons. The Morgan fingerprint density at radius 2 is 2.26 bits per heavy atom. The second-order valence-corrected chi connectivity index (χ2v) is 6.35. The van der Waals surface area contributed by atoms with Gasteiger partial charge in [-0.05, 0) is 25.5 Å². The minimum Gasteiger partial charge on any atom is -0.475 e. The highest BCUT2D eigenvalue weighted by Gasteiger charge is 2.31. The van der Waals surface area contributed by atoms with Crippen molar-refractivity contribution in [3.63, 3.8) is 0 Å². The number of nitrogens with one attached hydrogen (secondary N) is 1. The third-order valence-electron chi connectivity index (χ3n) is 4.53. The van der Waals surface area contributed by atoms with Gasteiger partial charge in [-0.1, -0.05) is 5.16 Å². The molecule has 1 N–H and O–H groups in total. The Bertz CT molecular complexity index is 833. The van der Waals surface area contributed by atoms with Crippen LogP contribution in [-0.4, -0.2) is 56.9 Å². The molecule has 0 aromatic carbocycles. The van der Waals surface area contributed by atoms with Gasteiger partial charge in [0.05, 0.1) is 19.2 Å². The Morgan fingerprint density at radius 3 is 3.04 bits per heavy atom. The number of likely N-dealkylation sites (tertiary alicyclic amines) is 1.